The molecule has 0 fully saturated rings. The van der Waals surface area contributed by atoms with Gasteiger partial charge in [-0.3, -0.25) is 9.59 Å². The van der Waals surface area contributed by atoms with Gasteiger partial charge in [0.25, 0.3) is 0 Å². The molecule has 80 valence electrons. The molecule has 0 spiro atoms. The summed E-state index contributed by atoms with van der Waals surface area (Å²) in [6, 6.07) is 7.03. The standard InChI is InChI=1S/C12H14O3/c1-3-15-12(14)9(2)11-7-5-4-6-10(11)8-13/h4-9H,3H2,1-2H3. The second-order valence-corrected chi connectivity index (χ2v) is 3.22. The van der Waals surface area contributed by atoms with Crippen molar-refractivity contribution < 1.29 is 14.3 Å². The lowest BCUT2D eigenvalue weighted by Crippen LogP contribution is -2.14. The molecule has 1 aromatic rings. The molecule has 1 atom stereocenters. The quantitative estimate of drug-likeness (QED) is 0.560. The number of carbonyl (C=O) groups excluding carboxylic acids is 2. The molecule has 3 nitrogen and oxygen atoms in total. The summed E-state index contributed by atoms with van der Waals surface area (Å²) in [6.45, 7) is 3.85. The van der Waals surface area contributed by atoms with Crippen LogP contribution in [0.3, 0.4) is 0 Å². The number of hydrogen-bond acceptors (Lipinski definition) is 3. The minimum Gasteiger partial charge on any atom is -0.466 e. The average Bonchev–Trinajstić information content (AvgIpc) is 2.28. The number of aldehydes is 1. The van der Waals surface area contributed by atoms with E-state index >= 15 is 0 Å². The van der Waals surface area contributed by atoms with Gasteiger partial charge in [-0.1, -0.05) is 24.3 Å². The van der Waals surface area contributed by atoms with Crippen LogP contribution in [-0.2, 0) is 9.53 Å². The summed E-state index contributed by atoms with van der Waals surface area (Å²) < 4.78 is 4.90. The highest BCUT2D eigenvalue weighted by Crippen LogP contribution is 2.19. The Hall–Kier alpha value is -1.64. The molecule has 0 saturated carbocycles. The van der Waals surface area contributed by atoms with E-state index in [9.17, 15) is 9.59 Å². The number of ether oxygens (including phenoxy) is 1. The molecule has 3 heteroatoms. The third kappa shape index (κ3) is 2.65. The maximum absolute atomic E-state index is 11.5. The van der Waals surface area contributed by atoms with E-state index in [0.717, 1.165) is 6.29 Å². The Balaban J connectivity index is 2.94. The Kier molecular flexibility index (Phi) is 4.03. The molecule has 1 aromatic carbocycles. The fourth-order valence-electron chi connectivity index (χ4n) is 1.41. The molecule has 15 heavy (non-hydrogen) atoms. The fraction of sp³-hybridized carbons (Fsp3) is 0.333. The molecule has 0 radical (unpaired) electrons. The molecule has 0 N–H and O–H groups in total. The molecule has 1 unspecified atom stereocenters. The molecule has 1 rings (SSSR count). The van der Waals surface area contributed by atoms with Gasteiger partial charge in [-0.25, -0.2) is 0 Å². The first-order valence-electron chi connectivity index (χ1n) is 4.91. The van der Waals surface area contributed by atoms with E-state index in [4.69, 9.17) is 4.74 Å². The molecule has 0 amide bonds. The van der Waals surface area contributed by atoms with Gasteiger partial charge in [0, 0.05) is 5.56 Å². The maximum atomic E-state index is 11.5. The second kappa shape index (κ2) is 5.29. The number of hydrogen-bond donors (Lipinski definition) is 0. The zero-order valence-electron chi connectivity index (χ0n) is 8.90. The van der Waals surface area contributed by atoms with Gasteiger partial charge >= 0.3 is 5.97 Å². The Morgan fingerprint density at radius 1 is 1.47 bits per heavy atom. The van der Waals surface area contributed by atoms with Crippen molar-refractivity contribution in [2.24, 2.45) is 0 Å². The van der Waals surface area contributed by atoms with E-state index in [1.807, 2.05) is 0 Å². The van der Waals surface area contributed by atoms with Crippen LogP contribution >= 0.6 is 0 Å². The van der Waals surface area contributed by atoms with Gasteiger partial charge < -0.3 is 4.74 Å². The predicted octanol–water partition coefficient (Wildman–Crippen LogP) is 2.17. The number of benzene rings is 1. The lowest BCUT2D eigenvalue weighted by Gasteiger charge is -2.12. The zero-order chi connectivity index (χ0) is 11.3. The molecule has 0 heterocycles. The maximum Gasteiger partial charge on any atom is 0.313 e. The predicted molar refractivity (Wildman–Crippen MR) is 56.9 cm³/mol. The van der Waals surface area contributed by atoms with Crippen molar-refractivity contribution >= 4 is 12.3 Å². The van der Waals surface area contributed by atoms with Gasteiger partial charge in [-0.2, -0.15) is 0 Å². The normalized spacial score (nSPS) is 11.9. The van der Waals surface area contributed by atoms with Gasteiger partial charge in [-0.15, -0.1) is 0 Å². The molecule has 0 bridgehead atoms. The molecule has 0 aliphatic carbocycles. The summed E-state index contributed by atoms with van der Waals surface area (Å²) in [5.74, 6) is -0.696. The van der Waals surface area contributed by atoms with Crippen molar-refractivity contribution in [2.75, 3.05) is 6.61 Å². The lowest BCUT2D eigenvalue weighted by molar-refractivity contribution is -0.144. The van der Waals surface area contributed by atoms with E-state index in [1.165, 1.54) is 0 Å². The van der Waals surface area contributed by atoms with Crippen LogP contribution in [0.2, 0.25) is 0 Å². The molecular formula is C12H14O3. The summed E-state index contributed by atoms with van der Waals surface area (Å²) in [7, 11) is 0. The van der Waals surface area contributed by atoms with E-state index in [2.05, 4.69) is 0 Å². The number of esters is 1. The first-order valence-corrected chi connectivity index (χ1v) is 4.91. The lowest BCUT2D eigenvalue weighted by atomic mass is 9.96. The molecule has 0 aliphatic rings. The topological polar surface area (TPSA) is 43.4 Å². The Labute approximate surface area is 89.1 Å². The van der Waals surface area contributed by atoms with Crippen molar-refractivity contribution in [3.05, 3.63) is 35.4 Å². The SMILES string of the molecule is CCOC(=O)C(C)c1ccccc1C=O. The summed E-state index contributed by atoms with van der Waals surface area (Å²) in [5.41, 5.74) is 1.25. The first kappa shape index (κ1) is 11.4. The van der Waals surface area contributed by atoms with Crippen molar-refractivity contribution in [1.82, 2.24) is 0 Å². The zero-order valence-corrected chi connectivity index (χ0v) is 8.90. The highest BCUT2D eigenvalue weighted by molar-refractivity contribution is 5.84. The van der Waals surface area contributed by atoms with Gasteiger partial charge in [-0.05, 0) is 19.4 Å². The Morgan fingerprint density at radius 2 is 2.13 bits per heavy atom. The van der Waals surface area contributed by atoms with Crippen LogP contribution in [0.4, 0.5) is 0 Å². The van der Waals surface area contributed by atoms with Gasteiger partial charge in [0.2, 0.25) is 0 Å². The summed E-state index contributed by atoms with van der Waals surface area (Å²) in [5, 5.41) is 0. The van der Waals surface area contributed by atoms with E-state index in [1.54, 1.807) is 38.1 Å². The van der Waals surface area contributed by atoms with Crippen LogP contribution in [0.15, 0.2) is 24.3 Å². The van der Waals surface area contributed by atoms with Crippen molar-refractivity contribution in [3.63, 3.8) is 0 Å². The first-order chi connectivity index (χ1) is 7.20. The van der Waals surface area contributed by atoms with Gasteiger partial charge in [0.15, 0.2) is 0 Å². The number of rotatable bonds is 4. The van der Waals surface area contributed by atoms with Crippen LogP contribution in [-0.4, -0.2) is 18.9 Å². The molecule has 0 aliphatic heterocycles. The molecular weight excluding hydrogens is 192 g/mol. The summed E-state index contributed by atoms with van der Waals surface area (Å²) in [4.78, 5) is 22.2. The Bertz CT molecular complexity index is 358. The third-order valence-corrected chi connectivity index (χ3v) is 2.23. The highest BCUT2D eigenvalue weighted by Gasteiger charge is 2.18. The minimum absolute atomic E-state index is 0.299. The van der Waals surface area contributed by atoms with Crippen LogP contribution in [0.5, 0.6) is 0 Å². The smallest absolute Gasteiger partial charge is 0.313 e. The van der Waals surface area contributed by atoms with Crippen LogP contribution in [0, 0.1) is 0 Å². The van der Waals surface area contributed by atoms with Crippen molar-refractivity contribution in [3.8, 4) is 0 Å². The Morgan fingerprint density at radius 3 is 2.73 bits per heavy atom. The van der Waals surface area contributed by atoms with E-state index in [-0.39, 0.29) is 5.97 Å². The highest BCUT2D eigenvalue weighted by atomic mass is 16.5. The largest absolute Gasteiger partial charge is 0.466 e. The van der Waals surface area contributed by atoms with E-state index in [0.29, 0.717) is 17.7 Å². The average molecular weight is 206 g/mol. The third-order valence-electron chi connectivity index (χ3n) is 2.23. The van der Waals surface area contributed by atoms with E-state index < -0.39 is 5.92 Å². The van der Waals surface area contributed by atoms with Crippen LogP contribution in [0.1, 0.15) is 35.7 Å². The molecule has 0 aromatic heterocycles. The van der Waals surface area contributed by atoms with Gasteiger partial charge in [0.1, 0.15) is 6.29 Å². The summed E-state index contributed by atoms with van der Waals surface area (Å²) in [6.07, 6.45) is 0.755. The van der Waals surface area contributed by atoms with Crippen molar-refractivity contribution in [2.45, 2.75) is 19.8 Å². The fourth-order valence-corrected chi connectivity index (χ4v) is 1.41. The van der Waals surface area contributed by atoms with Crippen LogP contribution < -0.4 is 0 Å². The minimum atomic E-state index is -0.397. The number of carbonyl (C=O) groups is 2. The summed E-state index contributed by atoms with van der Waals surface area (Å²) >= 11 is 0. The monoisotopic (exact) mass is 206 g/mol. The van der Waals surface area contributed by atoms with Gasteiger partial charge in [0.05, 0.1) is 12.5 Å². The van der Waals surface area contributed by atoms with Crippen molar-refractivity contribution in [1.29, 1.82) is 0 Å². The molecule has 0 saturated heterocycles. The van der Waals surface area contributed by atoms with Crippen LogP contribution in [0.25, 0.3) is 0 Å². The second-order valence-electron chi connectivity index (χ2n) is 3.22.